The molecule has 1 unspecified atom stereocenters. The number of aryl methyl sites for hydroxylation is 2. The fourth-order valence-electron chi connectivity index (χ4n) is 3.53. The monoisotopic (exact) mass is 380 g/mol. The molecular formula is C19H23F3N4O. The molecule has 0 radical (unpaired) electrons. The molecule has 0 aliphatic carbocycles. The molecule has 1 aliphatic heterocycles. The summed E-state index contributed by atoms with van der Waals surface area (Å²) in [5, 5.41) is 6.05. The number of imidazole rings is 1. The molecule has 1 aromatic heterocycles. The lowest BCUT2D eigenvalue weighted by Crippen LogP contribution is -2.35. The van der Waals surface area contributed by atoms with Crippen molar-refractivity contribution in [3.63, 3.8) is 0 Å². The smallest absolute Gasteiger partial charge is 0.354 e. The van der Waals surface area contributed by atoms with Crippen molar-refractivity contribution in [2.45, 2.75) is 44.9 Å². The zero-order valence-corrected chi connectivity index (χ0v) is 15.4. The molecule has 5 nitrogen and oxygen atoms in total. The van der Waals surface area contributed by atoms with Gasteiger partial charge in [-0.25, -0.2) is 4.98 Å². The molecule has 3 rings (SSSR count). The largest absolute Gasteiger partial charge is 0.416 e. The van der Waals surface area contributed by atoms with Crippen molar-refractivity contribution < 1.29 is 18.0 Å². The molecule has 146 valence electrons. The number of rotatable bonds is 5. The van der Waals surface area contributed by atoms with Crippen LogP contribution in [-0.2, 0) is 25.6 Å². The third-order valence-corrected chi connectivity index (χ3v) is 4.90. The Morgan fingerprint density at radius 2 is 2.04 bits per heavy atom. The first-order chi connectivity index (χ1) is 12.8. The summed E-state index contributed by atoms with van der Waals surface area (Å²) in [6.45, 7) is 3.52. The number of halogens is 3. The van der Waals surface area contributed by atoms with Gasteiger partial charge in [0.2, 0.25) is 0 Å². The molecule has 0 fully saturated rings. The van der Waals surface area contributed by atoms with Gasteiger partial charge in [0.1, 0.15) is 5.82 Å². The fraction of sp³-hybridized carbons (Fsp3) is 0.474. The number of nitrogens with one attached hydrogen (secondary N) is 2. The van der Waals surface area contributed by atoms with Crippen molar-refractivity contribution in [1.82, 2.24) is 20.2 Å². The first kappa shape index (κ1) is 19.4. The third kappa shape index (κ3) is 4.00. The lowest BCUT2D eigenvalue weighted by Gasteiger charge is -2.27. The molecule has 0 spiro atoms. The number of alkyl halides is 3. The van der Waals surface area contributed by atoms with Crippen molar-refractivity contribution in [3.05, 3.63) is 52.6 Å². The number of carbonyl (C=O) groups excluding carboxylic acids is 1. The average molecular weight is 380 g/mol. The molecule has 2 N–H and O–H groups in total. The van der Waals surface area contributed by atoms with Crippen LogP contribution in [0.3, 0.4) is 0 Å². The summed E-state index contributed by atoms with van der Waals surface area (Å²) in [5.74, 6) is 0.659. The second-order valence-electron chi connectivity index (χ2n) is 6.59. The molecule has 8 heteroatoms. The van der Waals surface area contributed by atoms with E-state index in [0.29, 0.717) is 18.5 Å². The summed E-state index contributed by atoms with van der Waals surface area (Å²) in [4.78, 5) is 16.8. The lowest BCUT2D eigenvalue weighted by molar-refractivity contribution is -0.137. The summed E-state index contributed by atoms with van der Waals surface area (Å²) >= 11 is 0. The van der Waals surface area contributed by atoms with Crippen LogP contribution < -0.4 is 10.6 Å². The van der Waals surface area contributed by atoms with Crippen LogP contribution in [0.15, 0.2) is 24.3 Å². The van der Waals surface area contributed by atoms with Gasteiger partial charge in [0.15, 0.2) is 5.69 Å². The fourth-order valence-corrected chi connectivity index (χ4v) is 3.53. The zero-order valence-electron chi connectivity index (χ0n) is 15.4. The van der Waals surface area contributed by atoms with Crippen molar-refractivity contribution in [1.29, 1.82) is 0 Å². The normalized spacial score (nSPS) is 16.9. The number of hydrogen-bond acceptors (Lipinski definition) is 3. The van der Waals surface area contributed by atoms with Crippen LogP contribution in [0.4, 0.5) is 13.2 Å². The molecule has 2 aromatic rings. The highest BCUT2D eigenvalue weighted by Crippen LogP contribution is 2.30. The van der Waals surface area contributed by atoms with Crippen LogP contribution in [0.2, 0.25) is 0 Å². The molecule has 0 bridgehead atoms. The average Bonchev–Trinajstić information content (AvgIpc) is 3.05. The molecule has 2 heterocycles. The molecule has 1 aromatic carbocycles. The van der Waals surface area contributed by atoms with Crippen LogP contribution in [0.5, 0.6) is 0 Å². The van der Waals surface area contributed by atoms with Crippen molar-refractivity contribution in [2.24, 2.45) is 0 Å². The van der Waals surface area contributed by atoms with Gasteiger partial charge in [0.05, 0.1) is 17.3 Å². The van der Waals surface area contributed by atoms with E-state index in [1.807, 2.05) is 6.92 Å². The summed E-state index contributed by atoms with van der Waals surface area (Å²) in [6, 6.07) is 5.18. The maximum Gasteiger partial charge on any atom is 0.416 e. The second kappa shape index (κ2) is 7.72. The van der Waals surface area contributed by atoms with Crippen LogP contribution >= 0.6 is 0 Å². The van der Waals surface area contributed by atoms with Gasteiger partial charge in [-0.3, -0.25) is 4.79 Å². The Balaban J connectivity index is 1.80. The van der Waals surface area contributed by atoms with E-state index in [4.69, 9.17) is 0 Å². The number of carbonyl (C=O) groups is 1. The SMILES string of the molecule is CCc1nc(C(=O)NC)c2n1CCNC2CCc1ccc(C(F)(F)F)cc1. The van der Waals surface area contributed by atoms with E-state index in [1.165, 1.54) is 12.1 Å². The highest BCUT2D eigenvalue weighted by Gasteiger charge is 2.31. The van der Waals surface area contributed by atoms with Gasteiger partial charge in [-0.15, -0.1) is 0 Å². The predicted molar refractivity (Wildman–Crippen MR) is 95.5 cm³/mol. The van der Waals surface area contributed by atoms with Crippen LogP contribution in [0, 0.1) is 0 Å². The van der Waals surface area contributed by atoms with E-state index in [9.17, 15) is 18.0 Å². The zero-order chi connectivity index (χ0) is 19.6. The van der Waals surface area contributed by atoms with Crippen LogP contribution in [0.25, 0.3) is 0 Å². The number of hydrogen-bond donors (Lipinski definition) is 2. The summed E-state index contributed by atoms with van der Waals surface area (Å²) < 4.78 is 40.2. The molecular weight excluding hydrogens is 357 g/mol. The minimum Gasteiger partial charge on any atom is -0.354 e. The highest BCUT2D eigenvalue weighted by molar-refractivity contribution is 5.93. The first-order valence-corrected chi connectivity index (χ1v) is 9.06. The Bertz CT molecular complexity index is 812. The van der Waals surface area contributed by atoms with Gasteiger partial charge in [-0.1, -0.05) is 19.1 Å². The molecule has 1 aliphatic rings. The van der Waals surface area contributed by atoms with E-state index in [1.54, 1.807) is 7.05 Å². The van der Waals surface area contributed by atoms with Crippen LogP contribution in [0.1, 0.15) is 52.5 Å². The van der Waals surface area contributed by atoms with Gasteiger partial charge in [-0.2, -0.15) is 13.2 Å². The van der Waals surface area contributed by atoms with Crippen molar-refractivity contribution in [2.75, 3.05) is 13.6 Å². The highest BCUT2D eigenvalue weighted by atomic mass is 19.4. The first-order valence-electron chi connectivity index (χ1n) is 9.06. The number of aromatic nitrogens is 2. The third-order valence-electron chi connectivity index (χ3n) is 4.90. The molecule has 0 saturated carbocycles. The maximum atomic E-state index is 12.7. The Labute approximate surface area is 156 Å². The van der Waals surface area contributed by atoms with E-state index < -0.39 is 11.7 Å². The standard InChI is InChI=1S/C19H23F3N4O/c1-3-15-25-16(18(27)23-2)17-14(24-10-11-26(15)17)9-6-12-4-7-13(8-5-12)19(20,21)22/h4-5,7-8,14,24H,3,6,9-11H2,1-2H3,(H,23,27). The van der Waals surface area contributed by atoms with E-state index in [2.05, 4.69) is 20.2 Å². The van der Waals surface area contributed by atoms with Gasteiger partial charge >= 0.3 is 6.18 Å². The predicted octanol–water partition coefficient (Wildman–Crippen LogP) is 3.10. The van der Waals surface area contributed by atoms with Gasteiger partial charge < -0.3 is 15.2 Å². The van der Waals surface area contributed by atoms with Gasteiger partial charge in [0.25, 0.3) is 5.91 Å². The maximum absolute atomic E-state index is 12.7. The summed E-state index contributed by atoms with van der Waals surface area (Å²) in [7, 11) is 1.58. The van der Waals surface area contributed by atoms with Crippen LogP contribution in [-0.4, -0.2) is 29.1 Å². The van der Waals surface area contributed by atoms with E-state index in [0.717, 1.165) is 48.7 Å². The van der Waals surface area contributed by atoms with Crippen molar-refractivity contribution >= 4 is 5.91 Å². The minimum absolute atomic E-state index is 0.0684. The Hall–Kier alpha value is -2.35. The minimum atomic E-state index is -4.32. The molecule has 1 amide bonds. The number of amides is 1. The molecule has 0 saturated heterocycles. The van der Waals surface area contributed by atoms with E-state index in [-0.39, 0.29) is 11.9 Å². The summed E-state index contributed by atoms with van der Waals surface area (Å²) in [5.41, 5.74) is 1.48. The van der Waals surface area contributed by atoms with Gasteiger partial charge in [0, 0.05) is 26.6 Å². The topological polar surface area (TPSA) is 59.0 Å². The molecule has 27 heavy (non-hydrogen) atoms. The Morgan fingerprint density at radius 3 is 2.63 bits per heavy atom. The number of benzene rings is 1. The second-order valence-corrected chi connectivity index (χ2v) is 6.59. The number of fused-ring (bicyclic) bond motifs is 1. The Kier molecular flexibility index (Phi) is 5.55. The molecule has 1 atom stereocenters. The summed E-state index contributed by atoms with van der Waals surface area (Å²) in [6.07, 6.45) is -2.32. The quantitative estimate of drug-likeness (QED) is 0.838. The van der Waals surface area contributed by atoms with Gasteiger partial charge in [-0.05, 0) is 30.5 Å². The Morgan fingerprint density at radius 1 is 1.33 bits per heavy atom. The van der Waals surface area contributed by atoms with E-state index >= 15 is 0 Å². The lowest BCUT2D eigenvalue weighted by atomic mass is 9.99. The van der Waals surface area contributed by atoms with Crippen molar-refractivity contribution in [3.8, 4) is 0 Å². The number of nitrogens with zero attached hydrogens (tertiary/aromatic N) is 2.